The van der Waals surface area contributed by atoms with Crippen LogP contribution in [-0.2, 0) is 14.3 Å². The minimum Gasteiger partial charge on any atom is -0.464 e. The second kappa shape index (κ2) is 4.98. The Morgan fingerprint density at radius 3 is 2.86 bits per heavy atom. The highest BCUT2D eigenvalue weighted by Crippen LogP contribution is 2.14. The molecule has 80 valence electrons. The van der Waals surface area contributed by atoms with E-state index in [9.17, 15) is 9.59 Å². The predicted octanol–water partition coefficient (Wildman–Crippen LogP) is 0.951. The fourth-order valence-electron chi connectivity index (χ4n) is 1.63. The molecule has 1 fully saturated rings. The summed E-state index contributed by atoms with van der Waals surface area (Å²) < 4.78 is 4.87. The lowest BCUT2D eigenvalue weighted by Crippen LogP contribution is -2.46. The van der Waals surface area contributed by atoms with Crippen LogP contribution < -0.4 is 0 Å². The number of hydrogen-bond donors (Lipinski definition) is 0. The Bertz CT molecular complexity index is 227. The summed E-state index contributed by atoms with van der Waals surface area (Å²) in [7, 11) is 0. The quantitative estimate of drug-likeness (QED) is 0.636. The molecule has 0 aromatic carbocycles. The maximum absolute atomic E-state index is 11.5. The molecule has 1 heterocycles. The molecule has 0 N–H and O–H groups in total. The predicted molar refractivity (Wildman–Crippen MR) is 51.7 cm³/mol. The fraction of sp³-hybridized carbons (Fsp3) is 0.800. The summed E-state index contributed by atoms with van der Waals surface area (Å²) in [6.07, 6.45) is 2.48. The average Bonchev–Trinajstić information content (AvgIpc) is 2.18. The molecule has 1 aliphatic heterocycles. The van der Waals surface area contributed by atoms with Gasteiger partial charge in [-0.2, -0.15) is 0 Å². The van der Waals surface area contributed by atoms with E-state index >= 15 is 0 Å². The molecule has 4 nitrogen and oxygen atoms in total. The number of nitrogens with zero attached hydrogens (tertiary/aromatic N) is 1. The van der Waals surface area contributed by atoms with Gasteiger partial charge in [0.15, 0.2) is 0 Å². The first-order valence-corrected chi connectivity index (χ1v) is 5.13. The summed E-state index contributed by atoms with van der Waals surface area (Å²) in [5, 5.41) is 0. The highest BCUT2D eigenvalue weighted by molar-refractivity contribution is 5.84. The summed E-state index contributed by atoms with van der Waals surface area (Å²) in [4.78, 5) is 24.4. The number of carbonyl (C=O) groups excluding carboxylic acids is 2. The third kappa shape index (κ3) is 2.47. The van der Waals surface area contributed by atoms with Crippen molar-refractivity contribution in [1.82, 2.24) is 4.90 Å². The van der Waals surface area contributed by atoms with Gasteiger partial charge in [-0.1, -0.05) is 0 Å². The van der Waals surface area contributed by atoms with E-state index in [1.165, 1.54) is 0 Å². The first-order chi connectivity index (χ1) is 6.66. The number of ether oxygens (including phenoxy) is 1. The van der Waals surface area contributed by atoms with Crippen LogP contribution in [0.5, 0.6) is 0 Å². The molecule has 1 atom stereocenters. The first kappa shape index (κ1) is 11.0. The van der Waals surface area contributed by atoms with Gasteiger partial charge in [0.25, 0.3) is 0 Å². The van der Waals surface area contributed by atoms with Crippen LogP contribution in [0.15, 0.2) is 0 Å². The summed E-state index contributed by atoms with van der Waals surface area (Å²) in [5.74, 6) is -0.237. The van der Waals surface area contributed by atoms with E-state index in [2.05, 4.69) is 0 Å². The highest BCUT2D eigenvalue weighted by Gasteiger charge is 2.28. The molecular formula is C10H17NO3. The normalized spacial score (nSPS) is 19.3. The Balaban J connectivity index is 2.53. The van der Waals surface area contributed by atoms with Gasteiger partial charge in [0.05, 0.1) is 6.61 Å². The number of esters is 1. The molecule has 4 heteroatoms. The van der Waals surface area contributed by atoms with Crippen molar-refractivity contribution in [3.8, 4) is 0 Å². The summed E-state index contributed by atoms with van der Waals surface area (Å²) in [6, 6.07) is -0.428. The molecule has 0 saturated carbocycles. The zero-order valence-corrected chi connectivity index (χ0v) is 8.78. The van der Waals surface area contributed by atoms with E-state index in [0.29, 0.717) is 19.6 Å². The van der Waals surface area contributed by atoms with Crippen molar-refractivity contribution in [2.24, 2.45) is 0 Å². The van der Waals surface area contributed by atoms with Crippen molar-refractivity contribution in [3.63, 3.8) is 0 Å². The van der Waals surface area contributed by atoms with Crippen LogP contribution in [0.4, 0.5) is 0 Å². The number of piperidine rings is 1. The summed E-state index contributed by atoms with van der Waals surface area (Å²) in [6.45, 7) is 4.54. The van der Waals surface area contributed by atoms with E-state index in [1.807, 2.05) is 0 Å². The van der Waals surface area contributed by atoms with Gasteiger partial charge < -0.3 is 9.64 Å². The molecule has 1 aliphatic rings. The monoisotopic (exact) mass is 199 g/mol. The second-order valence-electron chi connectivity index (χ2n) is 3.47. The van der Waals surface area contributed by atoms with Crippen LogP contribution in [0, 0.1) is 0 Å². The molecule has 0 aliphatic carbocycles. The van der Waals surface area contributed by atoms with Crippen molar-refractivity contribution in [2.45, 2.75) is 39.2 Å². The van der Waals surface area contributed by atoms with Crippen molar-refractivity contribution in [2.75, 3.05) is 13.2 Å². The third-order valence-corrected chi connectivity index (χ3v) is 2.46. The Hall–Kier alpha value is -1.06. The molecular weight excluding hydrogens is 182 g/mol. The highest BCUT2D eigenvalue weighted by atomic mass is 16.5. The van der Waals surface area contributed by atoms with Gasteiger partial charge in [-0.05, 0) is 26.7 Å². The van der Waals surface area contributed by atoms with Crippen LogP contribution in [0.25, 0.3) is 0 Å². The molecule has 1 saturated heterocycles. The standard InChI is InChI=1S/C10H17NO3/c1-3-14-10(13)8(2)11-7-5-4-6-9(11)12/h8H,3-7H2,1-2H3. The van der Waals surface area contributed by atoms with Gasteiger partial charge in [-0.3, -0.25) is 4.79 Å². The van der Waals surface area contributed by atoms with Crippen LogP contribution in [-0.4, -0.2) is 36.0 Å². The van der Waals surface area contributed by atoms with Crippen LogP contribution in [0.2, 0.25) is 0 Å². The first-order valence-electron chi connectivity index (χ1n) is 5.13. The Morgan fingerprint density at radius 2 is 2.29 bits per heavy atom. The van der Waals surface area contributed by atoms with E-state index in [4.69, 9.17) is 4.74 Å². The average molecular weight is 199 g/mol. The fourth-order valence-corrected chi connectivity index (χ4v) is 1.63. The summed E-state index contributed by atoms with van der Waals surface area (Å²) in [5.41, 5.74) is 0. The molecule has 14 heavy (non-hydrogen) atoms. The molecule has 0 radical (unpaired) electrons. The zero-order valence-electron chi connectivity index (χ0n) is 8.78. The maximum Gasteiger partial charge on any atom is 0.328 e. The Kier molecular flexibility index (Phi) is 3.92. The molecule has 0 bridgehead atoms. The van der Waals surface area contributed by atoms with E-state index in [1.54, 1.807) is 18.7 Å². The van der Waals surface area contributed by atoms with Gasteiger partial charge in [-0.25, -0.2) is 4.79 Å². The van der Waals surface area contributed by atoms with E-state index < -0.39 is 6.04 Å². The van der Waals surface area contributed by atoms with Crippen LogP contribution in [0.1, 0.15) is 33.1 Å². The van der Waals surface area contributed by atoms with E-state index in [-0.39, 0.29) is 11.9 Å². The Morgan fingerprint density at radius 1 is 1.57 bits per heavy atom. The largest absolute Gasteiger partial charge is 0.464 e. The van der Waals surface area contributed by atoms with Crippen molar-refractivity contribution in [1.29, 1.82) is 0 Å². The number of hydrogen-bond acceptors (Lipinski definition) is 3. The third-order valence-electron chi connectivity index (χ3n) is 2.46. The minimum absolute atomic E-state index is 0.0665. The molecule has 1 unspecified atom stereocenters. The lowest BCUT2D eigenvalue weighted by molar-refractivity contribution is -0.155. The van der Waals surface area contributed by atoms with Crippen LogP contribution >= 0.6 is 0 Å². The topological polar surface area (TPSA) is 46.6 Å². The van der Waals surface area contributed by atoms with E-state index in [0.717, 1.165) is 12.8 Å². The molecule has 1 amide bonds. The smallest absolute Gasteiger partial charge is 0.328 e. The Labute approximate surface area is 84.2 Å². The zero-order chi connectivity index (χ0) is 10.6. The van der Waals surface area contributed by atoms with Gasteiger partial charge in [0.2, 0.25) is 5.91 Å². The van der Waals surface area contributed by atoms with Gasteiger partial charge in [0.1, 0.15) is 6.04 Å². The lowest BCUT2D eigenvalue weighted by Gasteiger charge is -2.30. The summed E-state index contributed by atoms with van der Waals surface area (Å²) >= 11 is 0. The minimum atomic E-state index is -0.428. The maximum atomic E-state index is 11.5. The number of amides is 1. The van der Waals surface area contributed by atoms with Crippen LogP contribution in [0.3, 0.4) is 0 Å². The van der Waals surface area contributed by atoms with Crippen molar-refractivity contribution in [3.05, 3.63) is 0 Å². The van der Waals surface area contributed by atoms with Crippen molar-refractivity contribution < 1.29 is 14.3 Å². The SMILES string of the molecule is CCOC(=O)C(C)N1CCCCC1=O. The molecule has 1 rings (SSSR count). The number of carbonyl (C=O) groups is 2. The van der Waals surface area contributed by atoms with Crippen molar-refractivity contribution >= 4 is 11.9 Å². The molecule has 0 aromatic rings. The number of likely N-dealkylation sites (tertiary alicyclic amines) is 1. The lowest BCUT2D eigenvalue weighted by atomic mass is 10.1. The molecule has 0 spiro atoms. The van der Waals surface area contributed by atoms with Gasteiger partial charge in [0, 0.05) is 13.0 Å². The van der Waals surface area contributed by atoms with Gasteiger partial charge in [-0.15, -0.1) is 0 Å². The van der Waals surface area contributed by atoms with Gasteiger partial charge >= 0.3 is 5.97 Å². The molecule has 0 aromatic heterocycles. The number of rotatable bonds is 3. The second-order valence-corrected chi connectivity index (χ2v) is 3.47.